The van der Waals surface area contributed by atoms with Crippen molar-refractivity contribution in [3.05, 3.63) is 0 Å². The molecule has 0 fully saturated rings. The summed E-state index contributed by atoms with van der Waals surface area (Å²) in [5.74, 6) is 14.7. The van der Waals surface area contributed by atoms with Crippen LogP contribution >= 0.6 is 7.82 Å². The maximum Gasteiger partial charge on any atom is 0.472 e. The quantitative estimate of drug-likeness (QED) is 0.0419. The second-order valence-corrected chi connectivity index (χ2v) is 13.0. The minimum Gasteiger partial charge on any atom is -0.462 e. The Hall–Kier alpha value is -2.75. The van der Waals surface area contributed by atoms with Crippen LogP contribution < -0.4 is 0 Å². The monoisotopic (exact) mass is 634 g/mol. The number of phosphoric ester groups is 1. The zero-order chi connectivity index (χ0) is 32.9. The molecule has 0 aromatic carbocycles. The average Bonchev–Trinajstić information content (AvgIpc) is 2.95. The predicted octanol–water partition coefficient (Wildman–Crippen LogP) is 5.80. The van der Waals surface area contributed by atoms with E-state index in [1.807, 2.05) is 21.1 Å². The number of nitrogens with zero attached hydrogens (tertiary/aromatic N) is 1. The van der Waals surface area contributed by atoms with Gasteiger partial charge in [0.25, 0.3) is 0 Å². The van der Waals surface area contributed by atoms with E-state index in [-0.39, 0.29) is 26.1 Å². The molecular weight excluding hydrogens is 581 g/mol. The summed E-state index contributed by atoms with van der Waals surface area (Å²) in [6.07, 6.45) is 22.5. The van der Waals surface area contributed by atoms with Crippen LogP contribution in [0.4, 0.5) is 0 Å². The van der Waals surface area contributed by atoms with Crippen LogP contribution in [-0.4, -0.2) is 74.9 Å². The van der Waals surface area contributed by atoms with Crippen LogP contribution in [0.5, 0.6) is 0 Å². The number of carbonyl (C=O) groups excluding carboxylic acids is 2. The SMILES string of the molecule is C#CC#CCCCCCCCCC(=O)OC[C@H](COP(=O)(O)OCC[N+](C)(C)C)OC(=O)CCCCCCCCC#CC#C. The zero-order valence-corrected chi connectivity index (χ0v) is 28.0. The first kappa shape index (κ1) is 41.2. The number of carbonyl (C=O) groups is 2. The maximum absolute atomic E-state index is 12.5. The minimum atomic E-state index is -4.38. The molecule has 0 aliphatic rings. The van der Waals surface area contributed by atoms with Crippen molar-refractivity contribution in [1.82, 2.24) is 0 Å². The first-order valence-electron chi connectivity index (χ1n) is 15.6. The molecule has 44 heavy (non-hydrogen) atoms. The lowest BCUT2D eigenvalue weighted by atomic mass is 10.1. The van der Waals surface area contributed by atoms with Crippen molar-refractivity contribution < 1.29 is 42.1 Å². The molecule has 1 N–H and O–H groups in total. The second-order valence-electron chi connectivity index (χ2n) is 11.5. The lowest BCUT2D eigenvalue weighted by Crippen LogP contribution is -2.37. The number of phosphoric acid groups is 1. The fourth-order valence-corrected chi connectivity index (χ4v) is 4.61. The largest absolute Gasteiger partial charge is 0.472 e. The van der Waals surface area contributed by atoms with E-state index < -0.39 is 32.5 Å². The Morgan fingerprint density at radius 2 is 1.20 bits per heavy atom. The second kappa shape index (κ2) is 26.6. The molecule has 2 atom stereocenters. The van der Waals surface area contributed by atoms with Crippen molar-refractivity contribution in [2.24, 2.45) is 0 Å². The molecule has 0 spiro atoms. The van der Waals surface area contributed by atoms with Crippen molar-refractivity contribution in [2.45, 2.75) is 109 Å². The molecule has 0 amide bonds. The van der Waals surface area contributed by atoms with Gasteiger partial charge in [-0.3, -0.25) is 18.6 Å². The van der Waals surface area contributed by atoms with Gasteiger partial charge in [-0.05, 0) is 49.4 Å². The van der Waals surface area contributed by atoms with Crippen molar-refractivity contribution in [2.75, 3.05) is 47.5 Å². The highest BCUT2D eigenvalue weighted by molar-refractivity contribution is 7.47. The summed E-state index contributed by atoms with van der Waals surface area (Å²) in [5, 5.41) is 0. The third kappa shape index (κ3) is 29.3. The molecule has 0 bridgehead atoms. The first-order valence-corrected chi connectivity index (χ1v) is 17.1. The van der Waals surface area contributed by atoms with Gasteiger partial charge in [-0.15, -0.1) is 12.8 Å². The minimum absolute atomic E-state index is 0.00882. The number of hydrogen-bond donors (Lipinski definition) is 1. The normalized spacial score (nSPS) is 12.7. The van der Waals surface area contributed by atoms with E-state index in [0.717, 1.165) is 77.0 Å². The highest BCUT2D eigenvalue weighted by atomic mass is 31.2. The number of esters is 2. The highest BCUT2D eigenvalue weighted by Gasteiger charge is 2.27. The topological polar surface area (TPSA) is 108 Å². The molecule has 10 heteroatoms. The van der Waals surface area contributed by atoms with Crippen LogP contribution in [0.1, 0.15) is 103 Å². The zero-order valence-electron chi connectivity index (χ0n) is 27.1. The number of ether oxygens (including phenoxy) is 2. The number of terminal acetylenes is 2. The van der Waals surface area contributed by atoms with Gasteiger partial charge >= 0.3 is 19.8 Å². The molecule has 0 aliphatic carbocycles. The Balaban J connectivity index is 4.55. The van der Waals surface area contributed by atoms with E-state index in [4.69, 9.17) is 31.4 Å². The van der Waals surface area contributed by atoms with Crippen LogP contribution in [0.25, 0.3) is 0 Å². The number of rotatable bonds is 26. The molecule has 0 heterocycles. The summed E-state index contributed by atoms with van der Waals surface area (Å²) in [7, 11) is 1.39. The summed E-state index contributed by atoms with van der Waals surface area (Å²) in [4.78, 5) is 34.8. The van der Waals surface area contributed by atoms with E-state index in [9.17, 15) is 19.0 Å². The predicted molar refractivity (Wildman–Crippen MR) is 173 cm³/mol. The summed E-state index contributed by atoms with van der Waals surface area (Å²) in [5.41, 5.74) is 0. The highest BCUT2D eigenvalue weighted by Crippen LogP contribution is 2.43. The molecule has 0 aromatic rings. The Bertz CT molecular complexity index is 1060. The van der Waals surface area contributed by atoms with Crippen molar-refractivity contribution >= 4 is 19.8 Å². The maximum atomic E-state index is 12.5. The van der Waals surface area contributed by atoms with Gasteiger partial charge < -0.3 is 18.9 Å². The number of likely N-dealkylation sites (N-methyl/N-ethyl adjacent to an activating group) is 1. The van der Waals surface area contributed by atoms with Gasteiger partial charge in [0.05, 0.1) is 27.7 Å². The fraction of sp³-hybridized carbons (Fsp3) is 0.706. The van der Waals surface area contributed by atoms with Crippen LogP contribution in [-0.2, 0) is 32.7 Å². The van der Waals surface area contributed by atoms with Crippen molar-refractivity contribution in [1.29, 1.82) is 0 Å². The Kier molecular flexibility index (Phi) is 25.0. The van der Waals surface area contributed by atoms with Crippen LogP contribution in [0.15, 0.2) is 0 Å². The Labute approximate surface area is 266 Å². The third-order valence-electron chi connectivity index (χ3n) is 6.35. The van der Waals surface area contributed by atoms with Gasteiger partial charge in [0.15, 0.2) is 6.10 Å². The fourth-order valence-electron chi connectivity index (χ4n) is 3.87. The van der Waals surface area contributed by atoms with E-state index in [2.05, 4.69) is 35.5 Å². The molecule has 0 aromatic heterocycles. The smallest absolute Gasteiger partial charge is 0.462 e. The van der Waals surface area contributed by atoms with E-state index in [1.165, 1.54) is 0 Å². The summed E-state index contributed by atoms with van der Waals surface area (Å²) in [6, 6.07) is 0. The van der Waals surface area contributed by atoms with Gasteiger partial charge in [0, 0.05) is 25.7 Å². The van der Waals surface area contributed by atoms with E-state index in [1.54, 1.807) is 0 Å². The van der Waals surface area contributed by atoms with Gasteiger partial charge in [-0.2, -0.15) is 0 Å². The van der Waals surface area contributed by atoms with E-state index >= 15 is 0 Å². The first-order chi connectivity index (χ1) is 21.0. The van der Waals surface area contributed by atoms with Gasteiger partial charge in [-0.25, -0.2) is 4.57 Å². The Morgan fingerprint density at radius 3 is 1.70 bits per heavy atom. The van der Waals surface area contributed by atoms with E-state index in [0.29, 0.717) is 23.9 Å². The molecule has 9 nitrogen and oxygen atoms in total. The summed E-state index contributed by atoms with van der Waals surface area (Å²) >= 11 is 0. The molecule has 1 unspecified atom stereocenters. The number of quaternary nitrogens is 1. The van der Waals surface area contributed by atoms with Crippen LogP contribution in [0, 0.1) is 48.4 Å². The molecule has 0 saturated carbocycles. The molecule has 0 rings (SSSR count). The molecule has 0 aliphatic heterocycles. The average molecular weight is 635 g/mol. The van der Waals surface area contributed by atoms with Crippen LogP contribution in [0.2, 0.25) is 0 Å². The summed E-state index contributed by atoms with van der Waals surface area (Å²) in [6.45, 7) is -0.212. The lowest BCUT2D eigenvalue weighted by molar-refractivity contribution is -0.870. The van der Waals surface area contributed by atoms with Gasteiger partial charge in [0.2, 0.25) is 0 Å². The standard InChI is InChI=1S/C34H52NO8P/c1-6-8-10-12-14-16-18-20-22-24-26-33(36)40-30-32(31-42-44(38,39)41-29-28-35(3,4)5)43-34(37)27-25-23-21-19-17-15-13-11-9-7-2/h1-2,32H,12-31H2,3-5H3/p+1/t32-/m1/s1. The third-order valence-corrected chi connectivity index (χ3v) is 7.34. The number of unbranched alkanes of at least 4 members (excludes halogenated alkanes) is 12. The van der Waals surface area contributed by atoms with Gasteiger partial charge in [0.1, 0.15) is 19.8 Å². The molecule has 246 valence electrons. The lowest BCUT2D eigenvalue weighted by Gasteiger charge is -2.24. The van der Waals surface area contributed by atoms with Crippen molar-refractivity contribution in [3.8, 4) is 48.4 Å². The Morgan fingerprint density at radius 1 is 0.727 bits per heavy atom. The van der Waals surface area contributed by atoms with Crippen molar-refractivity contribution in [3.63, 3.8) is 0 Å². The molecule has 0 radical (unpaired) electrons. The van der Waals surface area contributed by atoms with Crippen LogP contribution in [0.3, 0.4) is 0 Å². The van der Waals surface area contributed by atoms with Gasteiger partial charge in [-0.1, -0.05) is 63.2 Å². The molecular formula is C34H53NO8P+. The number of hydrogen-bond acceptors (Lipinski definition) is 7. The summed E-state index contributed by atoms with van der Waals surface area (Å²) < 4.78 is 33.8. The molecule has 0 saturated heterocycles.